The maximum Gasteiger partial charge on any atom is 0.240 e. The first-order valence-electron chi connectivity index (χ1n) is 6.95. The summed E-state index contributed by atoms with van der Waals surface area (Å²) >= 11 is 0. The molecule has 0 aliphatic rings. The number of hydrogen-bond acceptors (Lipinski definition) is 3. The zero-order valence-electron chi connectivity index (χ0n) is 12.4. The molecule has 0 aliphatic heterocycles. The summed E-state index contributed by atoms with van der Waals surface area (Å²) in [6.07, 6.45) is 4.90. The van der Waals surface area contributed by atoms with E-state index < -0.39 is 10.0 Å². The van der Waals surface area contributed by atoms with Gasteiger partial charge in [-0.05, 0) is 43.7 Å². The average Bonchev–Trinajstić information content (AvgIpc) is 2.46. The molecule has 0 bridgehead atoms. The van der Waals surface area contributed by atoms with Gasteiger partial charge in [0.25, 0.3) is 0 Å². The molecule has 4 nitrogen and oxygen atoms in total. The molecule has 0 aromatic heterocycles. The van der Waals surface area contributed by atoms with Crippen molar-refractivity contribution in [3.05, 3.63) is 30.3 Å². The van der Waals surface area contributed by atoms with Gasteiger partial charge in [-0.1, -0.05) is 32.9 Å². The van der Waals surface area contributed by atoms with E-state index in [-0.39, 0.29) is 4.90 Å². The minimum atomic E-state index is -3.42. The SMILES string of the molecule is C=Cc1cc(S(=O)(=O)NC)ccc1NC(CC)CCC. The zero-order valence-corrected chi connectivity index (χ0v) is 13.3. The fourth-order valence-electron chi connectivity index (χ4n) is 2.07. The molecule has 0 amide bonds. The van der Waals surface area contributed by atoms with Gasteiger partial charge in [-0.25, -0.2) is 13.1 Å². The maximum atomic E-state index is 11.8. The summed E-state index contributed by atoms with van der Waals surface area (Å²) in [4.78, 5) is 0.254. The summed E-state index contributed by atoms with van der Waals surface area (Å²) < 4.78 is 25.9. The summed E-state index contributed by atoms with van der Waals surface area (Å²) in [5.74, 6) is 0. The van der Waals surface area contributed by atoms with Crippen LogP contribution in [0.25, 0.3) is 6.08 Å². The quantitative estimate of drug-likeness (QED) is 0.774. The van der Waals surface area contributed by atoms with Crippen LogP contribution < -0.4 is 10.0 Å². The highest BCUT2D eigenvalue weighted by atomic mass is 32.2. The van der Waals surface area contributed by atoms with Crippen LogP contribution in [0.4, 0.5) is 5.69 Å². The van der Waals surface area contributed by atoms with Gasteiger partial charge in [0.15, 0.2) is 0 Å². The second-order valence-electron chi connectivity index (χ2n) is 4.70. The summed E-state index contributed by atoms with van der Waals surface area (Å²) in [5.41, 5.74) is 1.73. The zero-order chi connectivity index (χ0) is 15.2. The molecule has 5 heteroatoms. The Morgan fingerprint density at radius 1 is 1.35 bits per heavy atom. The summed E-state index contributed by atoms with van der Waals surface area (Å²) in [7, 11) is -2.01. The van der Waals surface area contributed by atoms with Gasteiger partial charge in [-0.2, -0.15) is 0 Å². The second kappa shape index (κ2) is 7.45. The van der Waals surface area contributed by atoms with Gasteiger partial charge in [0.1, 0.15) is 0 Å². The third-order valence-electron chi connectivity index (χ3n) is 3.31. The lowest BCUT2D eigenvalue weighted by atomic mass is 10.1. The molecule has 1 aromatic carbocycles. The first-order chi connectivity index (χ1) is 9.48. The van der Waals surface area contributed by atoms with E-state index in [4.69, 9.17) is 0 Å². The average molecular weight is 296 g/mol. The first kappa shape index (κ1) is 16.7. The minimum Gasteiger partial charge on any atom is -0.382 e. The van der Waals surface area contributed by atoms with Crippen LogP contribution in [0.1, 0.15) is 38.7 Å². The minimum absolute atomic E-state index is 0.254. The Balaban J connectivity index is 3.08. The fraction of sp³-hybridized carbons (Fsp3) is 0.467. The highest BCUT2D eigenvalue weighted by Crippen LogP contribution is 2.23. The molecule has 0 aliphatic carbocycles. The van der Waals surface area contributed by atoms with E-state index >= 15 is 0 Å². The molecular weight excluding hydrogens is 272 g/mol. The van der Waals surface area contributed by atoms with Crippen LogP contribution in [0.5, 0.6) is 0 Å². The van der Waals surface area contributed by atoms with Crippen LogP contribution in [0.15, 0.2) is 29.7 Å². The Morgan fingerprint density at radius 3 is 2.55 bits per heavy atom. The van der Waals surface area contributed by atoms with E-state index in [0.717, 1.165) is 30.5 Å². The molecule has 0 saturated carbocycles. The Labute approximate surface area is 122 Å². The number of anilines is 1. The molecule has 1 rings (SSSR count). The predicted molar refractivity (Wildman–Crippen MR) is 85.4 cm³/mol. The van der Waals surface area contributed by atoms with Crippen LogP contribution in [0.3, 0.4) is 0 Å². The third-order valence-corrected chi connectivity index (χ3v) is 4.72. The van der Waals surface area contributed by atoms with Crippen LogP contribution >= 0.6 is 0 Å². The van der Waals surface area contributed by atoms with Crippen molar-refractivity contribution in [2.75, 3.05) is 12.4 Å². The number of sulfonamides is 1. The van der Waals surface area contributed by atoms with Crippen molar-refractivity contribution in [1.29, 1.82) is 0 Å². The number of rotatable bonds is 8. The number of nitrogens with one attached hydrogen (secondary N) is 2. The monoisotopic (exact) mass is 296 g/mol. The molecule has 0 radical (unpaired) electrons. The van der Waals surface area contributed by atoms with E-state index in [9.17, 15) is 8.42 Å². The second-order valence-corrected chi connectivity index (χ2v) is 6.59. The van der Waals surface area contributed by atoms with E-state index in [0.29, 0.717) is 6.04 Å². The van der Waals surface area contributed by atoms with Gasteiger partial charge >= 0.3 is 0 Å². The molecule has 20 heavy (non-hydrogen) atoms. The smallest absolute Gasteiger partial charge is 0.240 e. The maximum absolute atomic E-state index is 11.8. The molecule has 2 N–H and O–H groups in total. The van der Waals surface area contributed by atoms with Gasteiger partial charge < -0.3 is 5.32 Å². The topological polar surface area (TPSA) is 58.2 Å². The molecular formula is C15H24N2O2S. The van der Waals surface area contributed by atoms with E-state index in [1.165, 1.54) is 7.05 Å². The van der Waals surface area contributed by atoms with E-state index in [2.05, 4.69) is 30.5 Å². The molecule has 1 aromatic rings. The van der Waals surface area contributed by atoms with Crippen molar-refractivity contribution in [3.63, 3.8) is 0 Å². The highest BCUT2D eigenvalue weighted by molar-refractivity contribution is 7.89. The molecule has 1 atom stereocenters. The lowest BCUT2D eigenvalue weighted by molar-refractivity contribution is 0.588. The lowest BCUT2D eigenvalue weighted by Crippen LogP contribution is -2.20. The van der Waals surface area contributed by atoms with Gasteiger partial charge in [-0.15, -0.1) is 0 Å². The third kappa shape index (κ3) is 4.08. The standard InChI is InChI=1S/C15H24N2O2S/c1-5-8-13(7-3)17-15-10-9-14(11-12(15)6-2)20(18,19)16-4/h6,9-11,13,16-17H,2,5,7-8H2,1,3-4H3. The van der Waals surface area contributed by atoms with Gasteiger partial charge in [0, 0.05) is 11.7 Å². The van der Waals surface area contributed by atoms with Gasteiger partial charge in [0.2, 0.25) is 10.0 Å². The summed E-state index contributed by atoms with van der Waals surface area (Å²) in [6, 6.07) is 5.45. The lowest BCUT2D eigenvalue weighted by Gasteiger charge is -2.19. The van der Waals surface area contributed by atoms with Crippen molar-refractivity contribution < 1.29 is 8.42 Å². The molecule has 0 saturated heterocycles. The van der Waals surface area contributed by atoms with Gasteiger partial charge in [-0.3, -0.25) is 0 Å². The Bertz CT molecular complexity index is 553. The van der Waals surface area contributed by atoms with Crippen molar-refractivity contribution in [2.24, 2.45) is 0 Å². The van der Waals surface area contributed by atoms with Crippen LogP contribution in [0, 0.1) is 0 Å². The van der Waals surface area contributed by atoms with E-state index in [1.807, 2.05) is 0 Å². The van der Waals surface area contributed by atoms with Crippen molar-refractivity contribution >= 4 is 21.8 Å². The normalized spacial score (nSPS) is 12.9. The predicted octanol–water partition coefficient (Wildman–Crippen LogP) is 3.23. The molecule has 0 fully saturated rings. The summed E-state index contributed by atoms with van der Waals surface area (Å²) in [6.45, 7) is 8.06. The van der Waals surface area contributed by atoms with Gasteiger partial charge in [0.05, 0.1) is 4.90 Å². The van der Waals surface area contributed by atoms with Crippen molar-refractivity contribution in [1.82, 2.24) is 4.72 Å². The molecule has 0 spiro atoms. The molecule has 112 valence electrons. The first-order valence-corrected chi connectivity index (χ1v) is 8.43. The number of hydrogen-bond donors (Lipinski definition) is 2. The molecule has 1 unspecified atom stereocenters. The van der Waals surface area contributed by atoms with Crippen molar-refractivity contribution in [2.45, 2.75) is 44.0 Å². The van der Waals surface area contributed by atoms with Crippen LogP contribution in [-0.2, 0) is 10.0 Å². The largest absolute Gasteiger partial charge is 0.382 e. The Hall–Kier alpha value is -1.33. The highest BCUT2D eigenvalue weighted by Gasteiger charge is 2.14. The fourth-order valence-corrected chi connectivity index (χ4v) is 2.84. The van der Waals surface area contributed by atoms with Crippen LogP contribution in [-0.4, -0.2) is 21.5 Å². The van der Waals surface area contributed by atoms with E-state index in [1.54, 1.807) is 24.3 Å². The summed E-state index contributed by atoms with van der Waals surface area (Å²) in [5, 5.41) is 3.46. The Morgan fingerprint density at radius 2 is 2.05 bits per heavy atom. The van der Waals surface area contributed by atoms with Crippen molar-refractivity contribution in [3.8, 4) is 0 Å². The number of benzene rings is 1. The molecule has 0 heterocycles. The Kier molecular flexibility index (Phi) is 6.23. The van der Waals surface area contributed by atoms with Crippen LogP contribution in [0.2, 0.25) is 0 Å².